The van der Waals surface area contributed by atoms with Crippen LogP contribution in [0, 0.1) is 0 Å². The van der Waals surface area contributed by atoms with Crippen molar-refractivity contribution in [3.63, 3.8) is 0 Å². The van der Waals surface area contributed by atoms with Gasteiger partial charge in [-0.25, -0.2) is 15.2 Å². The van der Waals surface area contributed by atoms with E-state index in [1.165, 1.54) is 54.2 Å². The molecule has 0 unspecified atom stereocenters. The number of nitrogens with zero attached hydrogens (tertiary/aromatic N) is 2. The molecule has 9 heteroatoms. The van der Waals surface area contributed by atoms with Gasteiger partial charge in [-0.2, -0.15) is 0 Å². The van der Waals surface area contributed by atoms with Gasteiger partial charge in [0, 0.05) is 36.1 Å². The lowest BCUT2D eigenvalue weighted by Crippen LogP contribution is -2.36. The highest BCUT2D eigenvalue weighted by Crippen LogP contribution is 2.33. The number of fused-ring (bicyclic) bond motifs is 2. The van der Waals surface area contributed by atoms with Gasteiger partial charge in [0.2, 0.25) is 0 Å². The Morgan fingerprint density at radius 1 is 0.902 bits per heavy atom. The topological polar surface area (TPSA) is 117 Å². The first-order valence-corrected chi connectivity index (χ1v) is 14.9. The summed E-state index contributed by atoms with van der Waals surface area (Å²) in [6, 6.07) is 11.8. The minimum absolute atomic E-state index is 0.152. The minimum atomic E-state index is -0.602. The summed E-state index contributed by atoms with van der Waals surface area (Å²) in [5.74, 6) is 0.261. The molecule has 1 aliphatic carbocycles. The van der Waals surface area contributed by atoms with Gasteiger partial charge in [0.05, 0.1) is 11.1 Å². The Hall–Kier alpha value is -3.88. The Morgan fingerprint density at radius 3 is 2.39 bits per heavy atom. The average Bonchev–Trinajstić information content (AvgIpc) is 2.95. The van der Waals surface area contributed by atoms with E-state index in [-0.39, 0.29) is 5.91 Å². The number of amides is 2. The minimum Gasteiger partial charge on any atom is -0.443 e. The van der Waals surface area contributed by atoms with Gasteiger partial charge in [0.25, 0.3) is 5.91 Å². The number of rotatable bonds is 13. The quantitative estimate of drug-likeness (QED) is 0.138. The second kappa shape index (κ2) is 14.7. The third kappa shape index (κ3) is 9.33. The number of aromatic nitrogens is 2. The van der Waals surface area contributed by atoms with Gasteiger partial charge >= 0.3 is 6.09 Å². The van der Waals surface area contributed by atoms with Crippen LogP contribution in [0.4, 0.5) is 16.3 Å². The number of pyridine rings is 2. The summed E-state index contributed by atoms with van der Waals surface area (Å²) in [5.41, 5.74) is 10.1. The zero-order valence-corrected chi connectivity index (χ0v) is 24.6. The molecule has 0 spiro atoms. The standard InChI is InChI=1S/C32H44N6O3/c1-32(2,3)41-31(40)38-37-28-19-18-23(22-35-28)30(39)34-21-13-7-5-4-6-12-20-33-29-24-14-8-10-16-26(24)36-27-17-11-9-15-25(27)29/h8,10,14,16,18-19,22H,4-7,9,11-13,15,17,20-21H2,1-3H3,(H,33,36)(H,34,39)(H,35,37)(H,38,40). The molecule has 9 nitrogen and oxygen atoms in total. The van der Waals surface area contributed by atoms with Crippen molar-refractivity contribution < 1.29 is 14.3 Å². The average molecular weight is 561 g/mol. The lowest BCUT2D eigenvalue weighted by Gasteiger charge is -2.21. The number of hydrazine groups is 1. The Morgan fingerprint density at radius 2 is 1.63 bits per heavy atom. The third-order valence-corrected chi connectivity index (χ3v) is 7.08. The van der Waals surface area contributed by atoms with Crippen LogP contribution in [-0.4, -0.2) is 40.7 Å². The molecule has 4 rings (SSSR count). The Kier molecular flexibility index (Phi) is 10.8. The molecule has 220 valence electrons. The van der Waals surface area contributed by atoms with Crippen LogP contribution in [0.5, 0.6) is 0 Å². The largest absolute Gasteiger partial charge is 0.443 e. The molecule has 1 aliphatic rings. The van der Waals surface area contributed by atoms with Gasteiger partial charge in [-0.15, -0.1) is 0 Å². The fourth-order valence-corrected chi connectivity index (χ4v) is 5.07. The summed E-state index contributed by atoms with van der Waals surface area (Å²) in [4.78, 5) is 33.2. The molecule has 0 aliphatic heterocycles. The molecule has 0 atom stereocenters. The number of para-hydroxylation sites is 1. The van der Waals surface area contributed by atoms with E-state index >= 15 is 0 Å². The van der Waals surface area contributed by atoms with Gasteiger partial charge in [-0.1, -0.05) is 43.9 Å². The highest BCUT2D eigenvalue weighted by molar-refractivity contribution is 5.94. The molecular formula is C32H44N6O3. The highest BCUT2D eigenvalue weighted by Gasteiger charge is 2.18. The Labute approximate surface area is 243 Å². The number of hydrogen-bond donors (Lipinski definition) is 4. The summed E-state index contributed by atoms with van der Waals surface area (Å²) in [6.07, 6.45) is 12.3. The molecule has 2 amide bonds. The van der Waals surface area contributed by atoms with Crippen LogP contribution in [-0.2, 0) is 17.6 Å². The van der Waals surface area contributed by atoms with Crippen molar-refractivity contribution in [1.29, 1.82) is 0 Å². The van der Waals surface area contributed by atoms with E-state index in [0.29, 0.717) is 17.9 Å². The Bertz CT molecular complexity index is 1300. The molecule has 2 aromatic heterocycles. The van der Waals surface area contributed by atoms with Crippen molar-refractivity contribution in [3.05, 3.63) is 59.4 Å². The molecular weight excluding hydrogens is 516 g/mol. The summed E-state index contributed by atoms with van der Waals surface area (Å²) < 4.78 is 5.15. The van der Waals surface area contributed by atoms with Gasteiger partial charge in [-0.3, -0.25) is 15.2 Å². The molecule has 4 N–H and O–H groups in total. The number of aryl methyl sites for hydroxylation is 1. The molecule has 1 aromatic carbocycles. The zero-order valence-electron chi connectivity index (χ0n) is 24.6. The van der Waals surface area contributed by atoms with Crippen molar-refractivity contribution in [2.75, 3.05) is 23.8 Å². The molecule has 0 fully saturated rings. The van der Waals surface area contributed by atoms with E-state index in [0.717, 1.165) is 50.6 Å². The summed E-state index contributed by atoms with van der Waals surface area (Å²) in [7, 11) is 0. The normalized spacial score (nSPS) is 12.9. The zero-order chi connectivity index (χ0) is 29.1. The van der Waals surface area contributed by atoms with Crippen LogP contribution >= 0.6 is 0 Å². The Balaban J connectivity index is 1.07. The van der Waals surface area contributed by atoms with Gasteiger partial charge in [0.1, 0.15) is 11.4 Å². The second-order valence-corrected chi connectivity index (χ2v) is 11.6. The predicted octanol–water partition coefficient (Wildman–Crippen LogP) is 6.54. The lowest BCUT2D eigenvalue weighted by molar-refractivity contribution is 0.0540. The molecule has 0 bridgehead atoms. The fourth-order valence-electron chi connectivity index (χ4n) is 5.07. The van der Waals surface area contributed by atoms with Crippen LogP contribution in [0.15, 0.2) is 42.6 Å². The van der Waals surface area contributed by atoms with Crippen LogP contribution in [0.25, 0.3) is 10.9 Å². The van der Waals surface area contributed by atoms with Crippen molar-refractivity contribution in [3.8, 4) is 0 Å². The first kappa shape index (κ1) is 30.1. The molecule has 2 heterocycles. The third-order valence-electron chi connectivity index (χ3n) is 7.08. The van der Waals surface area contributed by atoms with Crippen molar-refractivity contribution in [2.24, 2.45) is 0 Å². The van der Waals surface area contributed by atoms with E-state index in [9.17, 15) is 9.59 Å². The van der Waals surface area contributed by atoms with Gasteiger partial charge in [0.15, 0.2) is 0 Å². The maximum Gasteiger partial charge on any atom is 0.426 e. The second-order valence-electron chi connectivity index (χ2n) is 11.6. The van der Waals surface area contributed by atoms with E-state index < -0.39 is 11.7 Å². The fraction of sp³-hybridized carbons (Fsp3) is 0.500. The first-order valence-electron chi connectivity index (χ1n) is 14.9. The first-order chi connectivity index (χ1) is 19.8. The maximum atomic E-state index is 12.4. The number of hydrogen-bond acceptors (Lipinski definition) is 7. The number of nitrogens with one attached hydrogen (secondary N) is 4. The van der Waals surface area contributed by atoms with Crippen LogP contribution < -0.4 is 21.5 Å². The van der Waals surface area contributed by atoms with Gasteiger partial charge in [-0.05, 0) is 83.1 Å². The number of unbranched alkanes of at least 4 members (excludes halogenated alkanes) is 5. The van der Waals surface area contributed by atoms with Crippen LogP contribution in [0.1, 0.15) is 93.8 Å². The summed E-state index contributed by atoms with van der Waals surface area (Å²) in [6.45, 7) is 6.98. The molecule has 0 saturated carbocycles. The number of carbonyl (C=O) groups is 2. The van der Waals surface area contributed by atoms with Crippen molar-refractivity contribution in [2.45, 2.75) is 90.6 Å². The summed E-state index contributed by atoms with van der Waals surface area (Å²) >= 11 is 0. The number of carbonyl (C=O) groups excluding carboxylic acids is 2. The number of anilines is 2. The van der Waals surface area contributed by atoms with Crippen molar-refractivity contribution >= 4 is 34.4 Å². The predicted molar refractivity (Wildman–Crippen MR) is 164 cm³/mol. The molecule has 0 saturated heterocycles. The monoisotopic (exact) mass is 560 g/mol. The molecule has 3 aromatic rings. The van der Waals surface area contributed by atoms with Crippen LogP contribution in [0.2, 0.25) is 0 Å². The lowest BCUT2D eigenvalue weighted by atomic mass is 9.92. The number of ether oxygens (including phenoxy) is 1. The smallest absolute Gasteiger partial charge is 0.426 e. The molecule has 41 heavy (non-hydrogen) atoms. The van der Waals surface area contributed by atoms with E-state index in [1.54, 1.807) is 32.9 Å². The molecule has 0 radical (unpaired) electrons. The highest BCUT2D eigenvalue weighted by atomic mass is 16.6. The van der Waals surface area contributed by atoms with Crippen molar-refractivity contribution in [1.82, 2.24) is 20.7 Å². The number of benzene rings is 1. The van der Waals surface area contributed by atoms with Crippen LogP contribution in [0.3, 0.4) is 0 Å². The van der Waals surface area contributed by atoms with E-state index in [1.807, 2.05) is 0 Å². The maximum absolute atomic E-state index is 12.4. The van der Waals surface area contributed by atoms with E-state index in [2.05, 4.69) is 50.7 Å². The SMILES string of the molecule is CC(C)(C)OC(=O)NNc1ccc(C(=O)NCCCCCCCCNc2c3c(nc4ccccc24)CCCC3)cn1. The summed E-state index contributed by atoms with van der Waals surface area (Å²) in [5, 5.41) is 7.96. The van der Waals surface area contributed by atoms with Gasteiger partial charge < -0.3 is 15.4 Å². The van der Waals surface area contributed by atoms with E-state index in [4.69, 9.17) is 9.72 Å².